The first-order valence-electron chi connectivity index (χ1n) is 10.0. The fourth-order valence-corrected chi connectivity index (χ4v) is 4.71. The van der Waals surface area contributed by atoms with Crippen LogP contribution in [0.4, 0.5) is 0 Å². The zero-order chi connectivity index (χ0) is 16.8. The van der Waals surface area contributed by atoms with Crippen LogP contribution in [0.15, 0.2) is 0 Å². The minimum absolute atomic E-state index is 0.243. The average Bonchev–Trinajstić information content (AvgIpc) is 2.90. The number of nitrogens with one attached hydrogen (secondary N) is 1. The lowest BCUT2D eigenvalue weighted by Crippen LogP contribution is -2.57. The molecule has 1 unspecified atom stereocenters. The first kappa shape index (κ1) is 18.2. The number of amides is 1. The van der Waals surface area contributed by atoms with Gasteiger partial charge in [0.25, 0.3) is 5.91 Å². The molecule has 3 heterocycles. The van der Waals surface area contributed by atoms with E-state index < -0.39 is 5.60 Å². The Balaban J connectivity index is 1.56. The van der Waals surface area contributed by atoms with Crippen molar-refractivity contribution < 1.29 is 9.53 Å². The summed E-state index contributed by atoms with van der Waals surface area (Å²) in [6, 6.07) is 0. The van der Waals surface area contributed by atoms with Gasteiger partial charge in [-0.15, -0.1) is 0 Å². The van der Waals surface area contributed by atoms with Crippen molar-refractivity contribution in [3.63, 3.8) is 0 Å². The predicted octanol–water partition coefficient (Wildman–Crippen LogP) is 1.87. The molecule has 0 aromatic carbocycles. The molecule has 138 valence electrons. The molecule has 5 nitrogen and oxygen atoms in total. The molecule has 1 amide bonds. The highest BCUT2D eigenvalue weighted by atomic mass is 16.5. The minimum atomic E-state index is -0.574. The fraction of sp³-hybridized carbons (Fsp3) is 0.947. The first-order chi connectivity index (χ1) is 11.7. The lowest BCUT2D eigenvalue weighted by atomic mass is 9.88. The Labute approximate surface area is 147 Å². The number of carbonyl (C=O) groups is 1. The summed E-state index contributed by atoms with van der Waals surface area (Å²) < 4.78 is 5.75. The maximum atomic E-state index is 13.2. The Kier molecular flexibility index (Phi) is 6.53. The molecule has 3 aliphatic heterocycles. The van der Waals surface area contributed by atoms with Gasteiger partial charge in [0.2, 0.25) is 0 Å². The maximum Gasteiger partial charge on any atom is 0.254 e. The molecule has 0 radical (unpaired) electrons. The van der Waals surface area contributed by atoms with Gasteiger partial charge in [0.05, 0.1) is 0 Å². The van der Waals surface area contributed by atoms with Crippen molar-refractivity contribution in [1.82, 2.24) is 15.1 Å². The van der Waals surface area contributed by atoms with Crippen LogP contribution >= 0.6 is 0 Å². The van der Waals surface area contributed by atoms with Gasteiger partial charge >= 0.3 is 0 Å². The molecule has 24 heavy (non-hydrogen) atoms. The van der Waals surface area contributed by atoms with Gasteiger partial charge in [-0.1, -0.05) is 12.8 Å². The topological polar surface area (TPSA) is 44.8 Å². The lowest BCUT2D eigenvalue weighted by Gasteiger charge is -2.42. The van der Waals surface area contributed by atoms with Crippen LogP contribution in [-0.4, -0.2) is 74.2 Å². The third-order valence-corrected chi connectivity index (χ3v) is 6.21. The lowest BCUT2D eigenvalue weighted by molar-refractivity contribution is -0.160. The Bertz CT molecular complexity index is 401. The Morgan fingerprint density at radius 3 is 2.46 bits per heavy atom. The quantitative estimate of drug-likeness (QED) is 0.851. The zero-order valence-electron chi connectivity index (χ0n) is 15.4. The molecule has 0 aromatic heterocycles. The number of methoxy groups -OCH3 is 1. The summed E-state index contributed by atoms with van der Waals surface area (Å²) in [5.74, 6) is 0.878. The van der Waals surface area contributed by atoms with Crippen LogP contribution in [0.5, 0.6) is 0 Å². The van der Waals surface area contributed by atoms with Crippen molar-refractivity contribution in [2.24, 2.45) is 5.92 Å². The van der Waals surface area contributed by atoms with E-state index in [4.69, 9.17) is 4.74 Å². The number of likely N-dealkylation sites (tertiary alicyclic amines) is 2. The normalized spacial score (nSPS) is 29.2. The molecule has 5 heteroatoms. The van der Waals surface area contributed by atoms with E-state index >= 15 is 0 Å². The van der Waals surface area contributed by atoms with Crippen LogP contribution in [0, 0.1) is 5.92 Å². The summed E-state index contributed by atoms with van der Waals surface area (Å²) in [6.45, 7) is 7.26. The van der Waals surface area contributed by atoms with E-state index in [0.29, 0.717) is 5.92 Å². The van der Waals surface area contributed by atoms with E-state index in [0.717, 1.165) is 45.4 Å². The van der Waals surface area contributed by atoms with Crippen LogP contribution in [0.3, 0.4) is 0 Å². The van der Waals surface area contributed by atoms with Crippen LogP contribution in [-0.2, 0) is 9.53 Å². The van der Waals surface area contributed by atoms with Crippen LogP contribution in [0.1, 0.15) is 51.4 Å². The highest BCUT2D eigenvalue weighted by Gasteiger charge is 2.43. The van der Waals surface area contributed by atoms with Crippen molar-refractivity contribution in [2.75, 3.05) is 52.9 Å². The standard InChI is InChI=1S/C19H35N3O2/c1-24-19(8-10-20-11-9-19)18(23)22-14-6-7-17(16-22)15-21-12-4-2-3-5-13-21/h17,20H,2-16H2,1H3. The molecule has 0 aromatic rings. The maximum absolute atomic E-state index is 13.2. The smallest absolute Gasteiger partial charge is 0.254 e. The molecule has 0 aliphatic carbocycles. The Hall–Kier alpha value is -0.650. The second-order valence-electron chi connectivity index (χ2n) is 7.92. The highest BCUT2D eigenvalue weighted by molar-refractivity contribution is 5.85. The van der Waals surface area contributed by atoms with E-state index in [1.807, 2.05) is 0 Å². The predicted molar refractivity (Wildman–Crippen MR) is 96.1 cm³/mol. The number of rotatable bonds is 4. The molecular weight excluding hydrogens is 302 g/mol. The van der Waals surface area contributed by atoms with E-state index in [9.17, 15) is 4.79 Å². The second-order valence-corrected chi connectivity index (χ2v) is 7.92. The molecule has 0 bridgehead atoms. The van der Waals surface area contributed by atoms with Gasteiger partial charge in [0.1, 0.15) is 5.60 Å². The van der Waals surface area contributed by atoms with Gasteiger partial charge in [0.15, 0.2) is 0 Å². The van der Waals surface area contributed by atoms with Gasteiger partial charge in [-0.25, -0.2) is 0 Å². The molecule has 1 atom stereocenters. The molecule has 3 fully saturated rings. The number of carbonyl (C=O) groups excluding carboxylic acids is 1. The molecular formula is C19H35N3O2. The molecule has 3 rings (SSSR count). The van der Waals surface area contributed by atoms with Crippen LogP contribution in [0.2, 0.25) is 0 Å². The summed E-state index contributed by atoms with van der Waals surface area (Å²) in [7, 11) is 1.71. The molecule has 3 saturated heterocycles. The van der Waals surface area contributed by atoms with Crippen molar-refractivity contribution in [3.8, 4) is 0 Å². The third kappa shape index (κ3) is 4.30. The zero-order valence-corrected chi connectivity index (χ0v) is 15.4. The average molecular weight is 338 g/mol. The van der Waals surface area contributed by atoms with Crippen molar-refractivity contribution >= 4 is 5.91 Å². The number of hydrogen-bond acceptors (Lipinski definition) is 4. The van der Waals surface area contributed by atoms with E-state index in [-0.39, 0.29) is 5.91 Å². The summed E-state index contributed by atoms with van der Waals surface area (Å²) in [5, 5.41) is 3.34. The summed E-state index contributed by atoms with van der Waals surface area (Å²) in [5.41, 5.74) is -0.574. The Morgan fingerprint density at radius 1 is 1.08 bits per heavy atom. The van der Waals surface area contributed by atoms with E-state index in [1.165, 1.54) is 51.7 Å². The SMILES string of the molecule is COC1(C(=O)N2CCCC(CN3CCCCCC3)C2)CCNCC1. The second kappa shape index (κ2) is 8.63. The van der Waals surface area contributed by atoms with Crippen molar-refractivity contribution in [2.45, 2.75) is 57.0 Å². The summed E-state index contributed by atoms with van der Waals surface area (Å²) in [4.78, 5) is 17.9. The number of nitrogens with zero attached hydrogens (tertiary/aromatic N) is 2. The fourth-order valence-electron chi connectivity index (χ4n) is 4.71. The first-order valence-corrected chi connectivity index (χ1v) is 10.0. The molecule has 0 spiro atoms. The molecule has 3 aliphatic rings. The van der Waals surface area contributed by atoms with Gasteiger partial charge in [-0.2, -0.15) is 0 Å². The van der Waals surface area contributed by atoms with Gasteiger partial charge in [0, 0.05) is 26.7 Å². The minimum Gasteiger partial charge on any atom is -0.368 e. The summed E-state index contributed by atoms with van der Waals surface area (Å²) in [6.07, 6.45) is 9.46. The van der Waals surface area contributed by atoms with Crippen molar-refractivity contribution in [3.05, 3.63) is 0 Å². The Morgan fingerprint density at radius 2 is 1.79 bits per heavy atom. The molecule has 0 saturated carbocycles. The van der Waals surface area contributed by atoms with Crippen LogP contribution in [0.25, 0.3) is 0 Å². The number of piperidine rings is 2. The van der Waals surface area contributed by atoms with Crippen molar-refractivity contribution in [1.29, 1.82) is 0 Å². The van der Waals surface area contributed by atoms with E-state index in [1.54, 1.807) is 7.11 Å². The highest BCUT2D eigenvalue weighted by Crippen LogP contribution is 2.28. The summed E-state index contributed by atoms with van der Waals surface area (Å²) >= 11 is 0. The number of hydrogen-bond donors (Lipinski definition) is 1. The van der Waals surface area contributed by atoms with Crippen LogP contribution < -0.4 is 5.32 Å². The van der Waals surface area contributed by atoms with Gasteiger partial charge in [-0.05, 0) is 70.6 Å². The molecule has 1 N–H and O–H groups in total. The largest absolute Gasteiger partial charge is 0.368 e. The van der Waals surface area contributed by atoms with Gasteiger partial charge < -0.3 is 19.9 Å². The van der Waals surface area contributed by atoms with Gasteiger partial charge in [-0.3, -0.25) is 4.79 Å². The third-order valence-electron chi connectivity index (χ3n) is 6.21. The monoisotopic (exact) mass is 337 g/mol. The number of ether oxygens (including phenoxy) is 1. The van der Waals surface area contributed by atoms with E-state index in [2.05, 4.69) is 15.1 Å².